The van der Waals surface area contributed by atoms with Gasteiger partial charge in [0.05, 0.1) is 22.9 Å². The van der Waals surface area contributed by atoms with Crippen LogP contribution in [-0.2, 0) is 4.79 Å². The number of nitro benzene ring substituents is 1. The van der Waals surface area contributed by atoms with Crippen molar-refractivity contribution in [2.24, 2.45) is 15.8 Å². The van der Waals surface area contributed by atoms with Gasteiger partial charge in [-0.2, -0.15) is 0 Å². The first kappa shape index (κ1) is 16.7. The third-order valence-electron chi connectivity index (χ3n) is 3.61. The summed E-state index contributed by atoms with van der Waals surface area (Å²) < 4.78 is 0. The number of fused-ring (bicyclic) bond motifs is 1. The molecule has 1 heterocycles. The van der Waals surface area contributed by atoms with Crippen LogP contribution in [0.2, 0.25) is 5.02 Å². The van der Waals surface area contributed by atoms with Crippen LogP contribution in [0.25, 0.3) is 0 Å². The Bertz CT molecular complexity index is 939. The molecule has 0 saturated carbocycles. The number of halogens is 1. The lowest BCUT2D eigenvalue weighted by molar-refractivity contribution is -0.384. The summed E-state index contributed by atoms with van der Waals surface area (Å²) >= 11 is 6.25. The zero-order valence-electron chi connectivity index (χ0n) is 12.8. The van der Waals surface area contributed by atoms with E-state index in [0.717, 1.165) is 0 Å². The molecule has 0 aliphatic carbocycles. The van der Waals surface area contributed by atoms with Gasteiger partial charge in [-0.25, -0.2) is 10.8 Å². The minimum atomic E-state index is -0.575. The van der Waals surface area contributed by atoms with Crippen LogP contribution >= 0.6 is 11.6 Å². The zero-order valence-corrected chi connectivity index (χ0v) is 13.5. The van der Waals surface area contributed by atoms with E-state index >= 15 is 0 Å². The van der Waals surface area contributed by atoms with Crippen molar-refractivity contribution in [2.45, 2.75) is 0 Å². The Labute approximate surface area is 147 Å². The second-order valence-electron chi connectivity index (χ2n) is 5.14. The molecule has 8 nitrogen and oxygen atoms in total. The van der Waals surface area contributed by atoms with Crippen molar-refractivity contribution in [1.82, 2.24) is 5.43 Å². The van der Waals surface area contributed by atoms with Crippen molar-refractivity contribution in [1.29, 1.82) is 0 Å². The topological polar surface area (TPSA) is 123 Å². The van der Waals surface area contributed by atoms with E-state index in [9.17, 15) is 14.9 Å². The number of nitrogens with two attached hydrogens (primary N) is 1. The number of nitro groups is 1. The Hall–Kier alpha value is -3.10. The number of hydrazine groups is 1. The fourth-order valence-corrected chi connectivity index (χ4v) is 2.66. The van der Waals surface area contributed by atoms with Crippen molar-refractivity contribution in [3.63, 3.8) is 0 Å². The molecule has 0 fully saturated rings. The number of aliphatic imine (C=N–C) groups is 2. The van der Waals surface area contributed by atoms with Crippen LogP contribution in [0.5, 0.6) is 0 Å². The Morgan fingerprint density at radius 1 is 1.24 bits per heavy atom. The first-order chi connectivity index (χ1) is 12.0. The fraction of sp³-hybridized carbons (Fsp3) is 0.0625. The van der Waals surface area contributed by atoms with E-state index in [1.807, 2.05) is 5.43 Å². The average molecular weight is 358 g/mol. The summed E-state index contributed by atoms with van der Waals surface area (Å²) in [4.78, 5) is 31.1. The van der Waals surface area contributed by atoms with E-state index in [1.54, 1.807) is 24.3 Å². The summed E-state index contributed by atoms with van der Waals surface area (Å²) in [5.41, 5.74) is 3.81. The quantitative estimate of drug-likeness (QED) is 0.378. The van der Waals surface area contributed by atoms with E-state index in [1.165, 1.54) is 18.2 Å². The van der Waals surface area contributed by atoms with Crippen LogP contribution in [0.1, 0.15) is 11.1 Å². The molecule has 0 saturated heterocycles. The molecule has 0 radical (unpaired) electrons. The SMILES string of the molecule is NNC(=O)C1=Nc2ccc([N+](=O)[O-])cc2C(c2ccccc2Cl)=NC1. The summed E-state index contributed by atoms with van der Waals surface area (Å²) in [5.74, 6) is 4.59. The number of hydrogen-bond acceptors (Lipinski definition) is 6. The highest BCUT2D eigenvalue weighted by atomic mass is 35.5. The van der Waals surface area contributed by atoms with E-state index in [0.29, 0.717) is 27.5 Å². The van der Waals surface area contributed by atoms with Crippen LogP contribution in [0.15, 0.2) is 52.4 Å². The molecule has 0 unspecified atom stereocenters. The number of amides is 1. The van der Waals surface area contributed by atoms with E-state index in [2.05, 4.69) is 9.98 Å². The molecular weight excluding hydrogens is 346 g/mol. The van der Waals surface area contributed by atoms with Gasteiger partial charge in [-0.1, -0.05) is 29.8 Å². The maximum absolute atomic E-state index is 11.8. The molecule has 1 amide bonds. The second kappa shape index (κ2) is 6.80. The highest BCUT2D eigenvalue weighted by molar-refractivity contribution is 6.41. The smallest absolute Gasteiger partial charge is 0.281 e. The molecule has 2 aromatic carbocycles. The predicted octanol–water partition coefficient (Wildman–Crippen LogP) is 2.16. The van der Waals surface area contributed by atoms with Crippen molar-refractivity contribution < 1.29 is 9.72 Å². The molecule has 25 heavy (non-hydrogen) atoms. The number of rotatable bonds is 3. The first-order valence-corrected chi connectivity index (χ1v) is 7.55. The van der Waals surface area contributed by atoms with Gasteiger partial charge in [0.1, 0.15) is 5.71 Å². The van der Waals surface area contributed by atoms with Gasteiger partial charge >= 0.3 is 0 Å². The van der Waals surface area contributed by atoms with Gasteiger partial charge in [0.2, 0.25) is 0 Å². The molecule has 0 aromatic heterocycles. The van der Waals surface area contributed by atoms with Gasteiger partial charge in [0.25, 0.3) is 11.6 Å². The van der Waals surface area contributed by atoms with E-state index in [4.69, 9.17) is 17.4 Å². The van der Waals surface area contributed by atoms with Gasteiger partial charge < -0.3 is 0 Å². The zero-order chi connectivity index (χ0) is 18.0. The summed E-state index contributed by atoms with van der Waals surface area (Å²) in [7, 11) is 0. The molecule has 2 aromatic rings. The van der Waals surface area contributed by atoms with Gasteiger partial charge in [0.15, 0.2) is 0 Å². The van der Waals surface area contributed by atoms with Crippen molar-refractivity contribution in [3.8, 4) is 0 Å². The number of nitrogens with one attached hydrogen (secondary N) is 1. The fourth-order valence-electron chi connectivity index (χ4n) is 2.43. The minimum absolute atomic E-state index is 0.0356. The number of carbonyl (C=O) groups excluding carboxylic acids is 1. The number of carbonyl (C=O) groups is 1. The Morgan fingerprint density at radius 3 is 2.68 bits per heavy atom. The molecule has 126 valence electrons. The van der Waals surface area contributed by atoms with E-state index in [-0.39, 0.29) is 17.9 Å². The normalized spacial score (nSPS) is 13.2. The number of hydrogen-bond donors (Lipinski definition) is 2. The summed E-state index contributed by atoms with van der Waals surface area (Å²) in [6.07, 6.45) is 0. The van der Waals surface area contributed by atoms with Gasteiger partial charge in [-0.15, -0.1) is 0 Å². The molecular formula is C16H12ClN5O3. The Morgan fingerprint density at radius 2 is 2.00 bits per heavy atom. The van der Waals surface area contributed by atoms with Crippen LogP contribution in [0.4, 0.5) is 11.4 Å². The third-order valence-corrected chi connectivity index (χ3v) is 3.94. The van der Waals surface area contributed by atoms with Gasteiger partial charge in [-0.05, 0) is 12.1 Å². The molecule has 1 aliphatic heterocycles. The van der Waals surface area contributed by atoms with Gasteiger partial charge in [0, 0.05) is 28.3 Å². The highest BCUT2D eigenvalue weighted by Gasteiger charge is 2.22. The second-order valence-corrected chi connectivity index (χ2v) is 5.54. The lowest BCUT2D eigenvalue weighted by Crippen LogP contribution is -2.37. The van der Waals surface area contributed by atoms with Crippen LogP contribution in [0.3, 0.4) is 0 Å². The first-order valence-electron chi connectivity index (χ1n) is 7.18. The summed E-state index contributed by atoms with van der Waals surface area (Å²) in [6, 6.07) is 11.1. The molecule has 9 heteroatoms. The summed E-state index contributed by atoms with van der Waals surface area (Å²) in [5, 5.41) is 11.6. The molecule has 3 N–H and O–H groups in total. The molecule has 3 rings (SSSR count). The number of non-ortho nitro benzene ring substituents is 1. The van der Waals surface area contributed by atoms with Crippen molar-refractivity contribution >= 4 is 40.3 Å². The monoisotopic (exact) mass is 357 g/mol. The largest absolute Gasteiger partial charge is 0.289 e. The van der Waals surface area contributed by atoms with Crippen LogP contribution in [0, 0.1) is 10.1 Å². The van der Waals surface area contributed by atoms with Crippen LogP contribution < -0.4 is 11.3 Å². The Kier molecular flexibility index (Phi) is 4.55. The standard InChI is InChI=1S/C16H12ClN5O3/c17-12-4-2-1-3-10(12)15-11-7-9(22(24)25)5-6-13(11)20-14(8-19-15)16(23)21-18/h1-7H,8,18H2,(H,21,23). The molecule has 0 spiro atoms. The predicted molar refractivity (Wildman–Crippen MR) is 94.5 cm³/mol. The average Bonchev–Trinajstić information content (AvgIpc) is 2.80. The third kappa shape index (κ3) is 3.25. The summed E-state index contributed by atoms with van der Waals surface area (Å²) in [6.45, 7) is -0.0356. The van der Waals surface area contributed by atoms with Crippen molar-refractivity contribution in [3.05, 3.63) is 68.7 Å². The van der Waals surface area contributed by atoms with Gasteiger partial charge in [-0.3, -0.25) is 25.3 Å². The highest BCUT2D eigenvalue weighted by Crippen LogP contribution is 2.31. The molecule has 0 bridgehead atoms. The van der Waals surface area contributed by atoms with Crippen molar-refractivity contribution in [2.75, 3.05) is 6.54 Å². The Balaban J connectivity index is 2.24. The minimum Gasteiger partial charge on any atom is -0.289 e. The van der Waals surface area contributed by atoms with Crippen LogP contribution in [-0.4, -0.2) is 28.8 Å². The molecule has 1 aliphatic rings. The lowest BCUT2D eigenvalue weighted by Gasteiger charge is -2.09. The van der Waals surface area contributed by atoms with E-state index < -0.39 is 10.8 Å². The number of nitrogens with zero attached hydrogens (tertiary/aromatic N) is 3. The maximum atomic E-state index is 11.8. The lowest BCUT2D eigenvalue weighted by atomic mass is 10.00. The number of benzene rings is 2. The maximum Gasteiger partial charge on any atom is 0.281 e. The molecule has 0 atom stereocenters.